The molecule has 1 aromatic rings. The number of hydrogen-bond acceptors (Lipinski definition) is 1. The van der Waals surface area contributed by atoms with Crippen molar-refractivity contribution in [2.45, 2.75) is 32.2 Å². The van der Waals surface area contributed by atoms with E-state index in [4.69, 9.17) is 0 Å². The summed E-state index contributed by atoms with van der Waals surface area (Å²) in [5.74, 6) is 0. The molecule has 1 nitrogen and oxygen atoms in total. The number of anilines is 1. The minimum absolute atomic E-state index is 0.699. The molecule has 1 unspecified atom stereocenters. The first-order valence-electron chi connectivity index (χ1n) is 5.29. The molecule has 0 radical (unpaired) electrons. The lowest BCUT2D eigenvalue weighted by Crippen LogP contribution is -2.37. The van der Waals surface area contributed by atoms with Crippen molar-refractivity contribution in [1.82, 2.24) is 0 Å². The summed E-state index contributed by atoms with van der Waals surface area (Å²) in [4.78, 5) is 2.51. The first-order chi connectivity index (χ1) is 6.77. The SMILES string of the molecule is CC1CCCCN1c1ccc(Br)cc1. The quantitative estimate of drug-likeness (QED) is 0.736. The predicted octanol–water partition coefficient (Wildman–Crippen LogP) is 3.83. The Balaban J connectivity index is 2.16. The lowest BCUT2D eigenvalue weighted by atomic mass is 10.0. The van der Waals surface area contributed by atoms with Crippen LogP contribution in [-0.4, -0.2) is 12.6 Å². The molecular formula is C12H16BrN. The smallest absolute Gasteiger partial charge is 0.0369 e. The van der Waals surface area contributed by atoms with E-state index in [-0.39, 0.29) is 0 Å². The number of benzene rings is 1. The molecule has 0 aromatic heterocycles. The Kier molecular flexibility index (Phi) is 3.12. The highest BCUT2D eigenvalue weighted by Gasteiger charge is 2.17. The summed E-state index contributed by atoms with van der Waals surface area (Å²) in [5.41, 5.74) is 1.36. The van der Waals surface area contributed by atoms with Crippen LogP contribution in [0, 0.1) is 0 Å². The Labute approximate surface area is 94.2 Å². The Morgan fingerprint density at radius 1 is 1.21 bits per heavy atom. The van der Waals surface area contributed by atoms with Gasteiger partial charge in [-0.2, -0.15) is 0 Å². The van der Waals surface area contributed by atoms with Crippen LogP contribution in [0.4, 0.5) is 5.69 Å². The van der Waals surface area contributed by atoms with E-state index in [1.54, 1.807) is 0 Å². The van der Waals surface area contributed by atoms with E-state index in [1.165, 1.54) is 31.5 Å². The van der Waals surface area contributed by atoms with Crippen molar-refractivity contribution < 1.29 is 0 Å². The van der Waals surface area contributed by atoms with Crippen molar-refractivity contribution in [3.63, 3.8) is 0 Å². The van der Waals surface area contributed by atoms with E-state index in [2.05, 4.69) is 52.0 Å². The summed E-state index contributed by atoms with van der Waals surface area (Å²) in [5, 5.41) is 0. The fraction of sp³-hybridized carbons (Fsp3) is 0.500. The van der Waals surface area contributed by atoms with E-state index in [0.717, 1.165) is 4.47 Å². The second kappa shape index (κ2) is 4.35. The van der Waals surface area contributed by atoms with Gasteiger partial charge in [-0.25, -0.2) is 0 Å². The van der Waals surface area contributed by atoms with Crippen LogP contribution in [0.1, 0.15) is 26.2 Å². The number of nitrogens with zero attached hydrogens (tertiary/aromatic N) is 1. The van der Waals surface area contributed by atoms with Crippen molar-refractivity contribution in [2.24, 2.45) is 0 Å². The van der Waals surface area contributed by atoms with Crippen LogP contribution >= 0.6 is 15.9 Å². The van der Waals surface area contributed by atoms with Crippen LogP contribution in [-0.2, 0) is 0 Å². The van der Waals surface area contributed by atoms with Gasteiger partial charge in [-0.3, -0.25) is 0 Å². The monoisotopic (exact) mass is 253 g/mol. The number of hydrogen-bond donors (Lipinski definition) is 0. The zero-order valence-corrected chi connectivity index (χ0v) is 10.1. The van der Waals surface area contributed by atoms with Gasteiger partial charge in [0.05, 0.1) is 0 Å². The molecule has 2 rings (SSSR count). The second-order valence-corrected chi connectivity index (χ2v) is 4.93. The average Bonchev–Trinajstić information content (AvgIpc) is 2.20. The zero-order valence-electron chi connectivity index (χ0n) is 8.54. The molecule has 14 heavy (non-hydrogen) atoms. The van der Waals surface area contributed by atoms with Crippen molar-refractivity contribution >= 4 is 21.6 Å². The van der Waals surface area contributed by atoms with Crippen molar-refractivity contribution in [3.05, 3.63) is 28.7 Å². The maximum atomic E-state index is 3.47. The minimum atomic E-state index is 0.699. The predicted molar refractivity (Wildman–Crippen MR) is 64.8 cm³/mol. The summed E-state index contributed by atoms with van der Waals surface area (Å²) >= 11 is 3.47. The second-order valence-electron chi connectivity index (χ2n) is 4.01. The molecule has 1 saturated heterocycles. The van der Waals surface area contributed by atoms with E-state index < -0.39 is 0 Å². The van der Waals surface area contributed by atoms with Crippen molar-refractivity contribution in [1.29, 1.82) is 0 Å². The molecule has 0 aliphatic carbocycles. The van der Waals surface area contributed by atoms with E-state index >= 15 is 0 Å². The molecule has 0 amide bonds. The van der Waals surface area contributed by atoms with E-state index in [9.17, 15) is 0 Å². The Morgan fingerprint density at radius 3 is 2.57 bits per heavy atom. The van der Waals surface area contributed by atoms with Crippen LogP contribution in [0.5, 0.6) is 0 Å². The molecule has 0 saturated carbocycles. The van der Waals surface area contributed by atoms with Gasteiger partial charge in [0, 0.05) is 22.7 Å². The first kappa shape index (κ1) is 10.0. The molecule has 1 fully saturated rings. The van der Waals surface area contributed by atoms with Gasteiger partial charge in [0.1, 0.15) is 0 Å². The Morgan fingerprint density at radius 2 is 1.93 bits per heavy atom. The summed E-state index contributed by atoms with van der Waals surface area (Å²) in [6.45, 7) is 3.53. The largest absolute Gasteiger partial charge is 0.369 e. The molecule has 0 bridgehead atoms. The van der Waals surface area contributed by atoms with Crippen molar-refractivity contribution in [3.8, 4) is 0 Å². The van der Waals surface area contributed by atoms with Gasteiger partial charge < -0.3 is 4.90 Å². The molecule has 1 heterocycles. The fourth-order valence-electron chi connectivity index (χ4n) is 2.11. The van der Waals surface area contributed by atoms with Gasteiger partial charge in [0.25, 0.3) is 0 Å². The van der Waals surface area contributed by atoms with Gasteiger partial charge in [0.15, 0.2) is 0 Å². The topological polar surface area (TPSA) is 3.24 Å². The third-order valence-electron chi connectivity index (χ3n) is 2.96. The molecular weight excluding hydrogens is 238 g/mol. The molecule has 1 atom stereocenters. The first-order valence-corrected chi connectivity index (χ1v) is 6.09. The molecule has 0 spiro atoms. The lowest BCUT2D eigenvalue weighted by molar-refractivity contribution is 0.485. The van der Waals surface area contributed by atoms with Gasteiger partial charge in [-0.05, 0) is 50.5 Å². The Hall–Kier alpha value is -0.500. The van der Waals surface area contributed by atoms with Gasteiger partial charge in [-0.15, -0.1) is 0 Å². The van der Waals surface area contributed by atoms with Crippen LogP contribution in [0.2, 0.25) is 0 Å². The maximum absolute atomic E-state index is 3.47. The van der Waals surface area contributed by atoms with Crippen LogP contribution < -0.4 is 4.90 Å². The third-order valence-corrected chi connectivity index (χ3v) is 3.49. The lowest BCUT2D eigenvalue weighted by Gasteiger charge is -2.35. The van der Waals surface area contributed by atoms with Crippen LogP contribution in [0.25, 0.3) is 0 Å². The van der Waals surface area contributed by atoms with E-state index in [1.807, 2.05) is 0 Å². The number of piperidine rings is 1. The van der Waals surface area contributed by atoms with Gasteiger partial charge in [-0.1, -0.05) is 15.9 Å². The van der Waals surface area contributed by atoms with Crippen molar-refractivity contribution in [2.75, 3.05) is 11.4 Å². The van der Waals surface area contributed by atoms with Gasteiger partial charge >= 0.3 is 0 Å². The summed E-state index contributed by atoms with van der Waals surface area (Å²) < 4.78 is 1.16. The number of rotatable bonds is 1. The summed E-state index contributed by atoms with van der Waals surface area (Å²) in [7, 11) is 0. The van der Waals surface area contributed by atoms with Crippen LogP contribution in [0.3, 0.4) is 0 Å². The summed E-state index contributed by atoms with van der Waals surface area (Å²) in [6.07, 6.45) is 4.05. The fourth-order valence-corrected chi connectivity index (χ4v) is 2.38. The molecule has 2 heteroatoms. The van der Waals surface area contributed by atoms with Crippen LogP contribution in [0.15, 0.2) is 28.7 Å². The average molecular weight is 254 g/mol. The molecule has 1 aromatic carbocycles. The Bertz CT molecular complexity index is 294. The standard InChI is InChI=1S/C12H16BrN/c1-10-4-2-3-9-14(10)12-7-5-11(13)6-8-12/h5-8,10H,2-4,9H2,1H3. The maximum Gasteiger partial charge on any atom is 0.0369 e. The molecule has 1 aliphatic rings. The molecule has 76 valence electrons. The summed E-state index contributed by atoms with van der Waals surface area (Å²) in [6, 6.07) is 9.34. The highest BCUT2D eigenvalue weighted by atomic mass is 79.9. The van der Waals surface area contributed by atoms with Gasteiger partial charge in [0.2, 0.25) is 0 Å². The zero-order chi connectivity index (χ0) is 9.97. The normalized spacial score (nSPS) is 22.4. The highest BCUT2D eigenvalue weighted by Crippen LogP contribution is 2.25. The minimum Gasteiger partial charge on any atom is -0.369 e. The molecule has 0 N–H and O–H groups in total. The van der Waals surface area contributed by atoms with E-state index in [0.29, 0.717) is 6.04 Å². The highest BCUT2D eigenvalue weighted by molar-refractivity contribution is 9.10. The number of halogens is 1. The molecule has 1 aliphatic heterocycles. The third kappa shape index (κ3) is 2.11.